The van der Waals surface area contributed by atoms with Crippen molar-refractivity contribution in [1.82, 2.24) is 4.90 Å². The Morgan fingerprint density at radius 3 is 2.30 bits per heavy atom. The first kappa shape index (κ1) is 21.7. The lowest BCUT2D eigenvalue weighted by atomic mass is 9.97. The molecule has 2 heterocycles. The zero-order valence-corrected chi connectivity index (χ0v) is 19.9. The van der Waals surface area contributed by atoms with E-state index in [2.05, 4.69) is 0 Å². The maximum absolute atomic E-state index is 13.8. The molecule has 0 bridgehead atoms. The number of hydrogen-bond donors (Lipinski definition) is 0. The van der Waals surface area contributed by atoms with Crippen molar-refractivity contribution in [3.63, 3.8) is 0 Å². The number of carbonyl (C=O) groups is 1. The van der Waals surface area contributed by atoms with Crippen LogP contribution in [0.2, 0.25) is 10.0 Å². The summed E-state index contributed by atoms with van der Waals surface area (Å²) in [6.07, 6.45) is 0. The highest BCUT2D eigenvalue weighted by molar-refractivity contribution is 6.42. The zero-order valence-electron chi connectivity index (χ0n) is 18.4. The molecule has 1 aliphatic heterocycles. The van der Waals surface area contributed by atoms with E-state index in [1.807, 2.05) is 57.2 Å². The Morgan fingerprint density at radius 2 is 1.61 bits per heavy atom. The minimum atomic E-state index is -0.634. The molecule has 0 aliphatic carbocycles. The van der Waals surface area contributed by atoms with Crippen LogP contribution < -0.4 is 5.43 Å². The van der Waals surface area contributed by atoms with Gasteiger partial charge in [0.1, 0.15) is 5.58 Å². The first-order valence-electron chi connectivity index (χ1n) is 10.6. The van der Waals surface area contributed by atoms with Crippen LogP contribution >= 0.6 is 23.2 Å². The highest BCUT2D eigenvalue weighted by atomic mass is 35.5. The van der Waals surface area contributed by atoms with E-state index >= 15 is 0 Å². The van der Waals surface area contributed by atoms with Gasteiger partial charge in [0, 0.05) is 6.54 Å². The summed E-state index contributed by atoms with van der Waals surface area (Å²) in [7, 11) is 0. The number of amides is 1. The minimum Gasteiger partial charge on any atom is -0.450 e. The van der Waals surface area contributed by atoms with E-state index in [1.165, 1.54) is 0 Å². The summed E-state index contributed by atoms with van der Waals surface area (Å²) in [5.74, 6) is -0.233. The van der Waals surface area contributed by atoms with Gasteiger partial charge in [0.15, 0.2) is 5.43 Å². The Labute approximate surface area is 201 Å². The van der Waals surface area contributed by atoms with Crippen LogP contribution in [-0.2, 0) is 6.54 Å². The molecule has 0 fully saturated rings. The highest BCUT2D eigenvalue weighted by Crippen LogP contribution is 2.41. The normalized spacial score (nSPS) is 15.4. The third-order valence-electron chi connectivity index (χ3n) is 6.13. The standard InChI is InChI=1S/C27H21Cl2NO3/c1-14-4-6-17(7-5-14)13-30-23(18-8-9-20(28)21(29)12-18)22-24(31)19-11-15(2)10-16(3)25(19)33-26(22)27(30)32/h4-12,23H,13H2,1-3H3. The predicted octanol–water partition coefficient (Wildman–Crippen LogP) is 6.77. The maximum Gasteiger partial charge on any atom is 0.291 e. The summed E-state index contributed by atoms with van der Waals surface area (Å²) in [4.78, 5) is 29.0. The van der Waals surface area contributed by atoms with Gasteiger partial charge in [0.05, 0.1) is 27.0 Å². The quantitative estimate of drug-likeness (QED) is 0.327. The monoisotopic (exact) mass is 477 g/mol. The SMILES string of the molecule is Cc1ccc(CN2C(=O)c3oc4c(C)cc(C)cc4c(=O)c3C2c2ccc(Cl)c(Cl)c2)cc1. The van der Waals surface area contributed by atoms with E-state index in [4.69, 9.17) is 27.6 Å². The molecule has 166 valence electrons. The summed E-state index contributed by atoms with van der Waals surface area (Å²) >= 11 is 12.5. The number of rotatable bonds is 3. The van der Waals surface area contributed by atoms with Crippen molar-refractivity contribution >= 4 is 40.1 Å². The molecule has 33 heavy (non-hydrogen) atoms. The Balaban J connectivity index is 1.75. The number of aryl methyl sites for hydroxylation is 3. The molecule has 0 N–H and O–H groups in total. The number of nitrogens with zero attached hydrogens (tertiary/aromatic N) is 1. The van der Waals surface area contributed by atoms with Crippen molar-refractivity contribution < 1.29 is 9.21 Å². The Bertz CT molecular complexity index is 1490. The third-order valence-corrected chi connectivity index (χ3v) is 6.87. The Hall–Kier alpha value is -3.08. The van der Waals surface area contributed by atoms with E-state index in [9.17, 15) is 9.59 Å². The first-order valence-corrected chi connectivity index (χ1v) is 11.4. The lowest BCUT2D eigenvalue weighted by Gasteiger charge is -2.25. The van der Waals surface area contributed by atoms with Crippen molar-refractivity contribution in [2.75, 3.05) is 0 Å². The van der Waals surface area contributed by atoms with Gasteiger partial charge in [-0.05, 0) is 61.2 Å². The molecular formula is C27H21Cl2NO3. The van der Waals surface area contributed by atoms with Gasteiger partial charge in [0.2, 0.25) is 5.76 Å². The Morgan fingerprint density at radius 1 is 0.879 bits per heavy atom. The summed E-state index contributed by atoms with van der Waals surface area (Å²) in [5.41, 5.74) is 5.15. The summed E-state index contributed by atoms with van der Waals surface area (Å²) in [6.45, 7) is 6.15. The zero-order chi connectivity index (χ0) is 23.4. The fourth-order valence-corrected chi connectivity index (χ4v) is 4.86. The summed E-state index contributed by atoms with van der Waals surface area (Å²) in [5, 5.41) is 1.25. The molecule has 0 saturated heterocycles. The fourth-order valence-electron chi connectivity index (χ4n) is 4.56. The van der Waals surface area contributed by atoms with Crippen LogP contribution in [-0.4, -0.2) is 10.8 Å². The van der Waals surface area contributed by atoms with Gasteiger partial charge >= 0.3 is 0 Å². The number of benzene rings is 3. The van der Waals surface area contributed by atoms with Crippen LogP contribution in [0.5, 0.6) is 0 Å². The van der Waals surface area contributed by atoms with Crippen LogP contribution in [0.1, 0.15) is 50.0 Å². The average molecular weight is 478 g/mol. The molecule has 0 radical (unpaired) electrons. The molecule has 0 saturated carbocycles. The van der Waals surface area contributed by atoms with Crippen LogP contribution in [0.3, 0.4) is 0 Å². The van der Waals surface area contributed by atoms with E-state index < -0.39 is 6.04 Å². The number of halogens is 2. The molecule has 1 aliphatic rings. The maximum atomic E-state index is 13.8. The average Bonchev–Trinajstić information content (AvgIpc) is 3.05. The molecule has 1 amide bonds. The predicted molar refractivity (Wildman–Crippen MR) is 131 cm³/mol. The summed E-state index contributed by atoms with van der Waals surface area (Å²) < 4.78 is 6.13. The lowest BCUT2D eigenvalue weighted by molar-refractivity contribution is 0.0714. The number of carbonyl (C=O) groups excluding carboxylic acids is 1. The van der Waals surface area contributed by atoms with Gasteiger partial charge in [-0.25, -0.2) is 0 Å². The first-order chi connectivity index (χ1) is 15.7. The van der Waals surface area contributed by atoms with E-state index in [0.29, 0.717) is 38.7 Å². The van der Waals surface area contributed by atoms with E-state index in [0.717, 1.165) is 22.3 Å². The van der Waals surface area contributed by atoms with Crippen LogP contribution in [0, 0.1) is 20.8 Å². The molecule has 5 rings (SSSR count). The van der Waals surface area contributed by atoms with Gasteiger partial charge in [-0.2, -0.15) is 0 Å². The van der Waals surface area contributed by atoms with Crippen molar-refractivity contribution in [3.05, 3.63) is 114 Å². The van der Waals surface area contributed by atoms with Crippen LogP contribution in [0.4, 0.5) is 0 Å². The molecule has 1 aromatic heterocycles. The molecule has 4 aromatic rings. The largest absolute Gasteiger partial charge is 0.450 e. The molecule has 0 spiro atoms. The van der Waals surface area contributed by atoms with Crippen molar-refractivity contribution in [1.29, 1.82) is 0 Å². The van der Waals surface area contributed by atoms with E-state index in [1.54, 1.807) is 23.1 Å². The van der Waals surface area contributed by atoms with Gasteiger partial charge in [-0.15, -0.1) is 0 Å². The molecule has 3 aromatic carbocycles. The smallest absolute Gasteiger partial charge is 0.291 e. The van der Waals surface area contributed by atoms with Gasteiger partial charge < -0.3 is 9.32 Å². The van der Waals surface area contributed by atoms with Gasteiger partial charge in [-0.3, -0.25) is 9.59 Å². The molecule has 1 unspecified atom stereocenters. The second-order valence-corrected chi connectivity index (χ2v) is 9.44. The lowest BCUT2D eigenvalue weighted by Crippen LogP contribution is -2.29. The molecule has 4 nitrogen and oxygen atoms in total. The van der Waals surface area contributed by atoms with Gasteiger partial charge in [0.25, 0.3) is 5.91 Å². The second kappa shape index (κ2) is 8.05. The highest BCUT2D eigenvalue weighted by Gasteiger charge is 2.43. The van der Waals surface area contributed by atoms with Crippen LogP contribution in [0.25, 0.3) is 11.0 Å². The second-order valence-electron chi connectivity index (χ2n) is 8.63. The minimum absolute atomic E-state index is 0.0858. The Kier molecular flexibility index (Phi) is 5.31. The van der Waals surface area contributed by atoms with Crippen molar-refractivity contribution in [2.45, 2.75) is 33.4 Å². The molecule has 1 atom stereocenters. The van der Waals surface area contributed by atoms with Crippen LogP contribution in [0.15, 0.2) is 63.8 Å². The van der Waals surface area contributed by atoms with Crippen molar-refractivity contribution in [3.8, 4) is 0 Å². The third kappa shape index (κ3) is 3.64. The number of hydrogen-bond acceptors (Lipinski definition) is 3. The van der Waals surface area contributed by atoms with Gasteiger partial charge in [-0.1, -0.05) is 65.2 Å². The topological polar surface area (TPSA) is 50.5 Å². The fraction of sp³-hybridized carbons (Fsp3) is 0.185. The molecule has 6 heteroatoms. The number of fused-ring (bicyclic) bond motifs is 2. The molecular weight excluding hydrogens is 457 g/mol. The van der Waals surface area contributed by atoms with E-state index in [-0.39, 0.29) is 17.1 Å². The summed E-state index contributed by atoms with van der Waals surface area (Å²) in [6, 6.07) is 16.3. The van der Waals surface area contributed by atoms with Crippen molar-refractivity contribution in [2.24, 2.45) is 0 Å².